The number of hydrogen-bond donors (Lipinski definition) is 2. The largest absolute Gasteiger partial charge is 0.378 e. The molecule has 0 fully saturated rings. The molecule has 26 heavy (non-hydrogen) atoms. The molecule has 0 saturated carbocycles. The zero-order chi connectivity index (χ0) is 18.4. The molecule has 3 aromatic rings. The third-order valence-corrected chi connectivity index (χ3v) is 3.86. The highest BCUT2D eigenvalue weighted by Crippen LogP contribution is 2.13. The number of carbonyl (C=O) groups excluding carboxylic acids is 1. The third kappa shape index (κ3) is 4.57. The molecule has 6 heteroatoms. The molecule has 0 unspecified atom stereocenters. The van der Waals surface area contributed by atoms with Crippen LogP contribution in [0.5, 0.6) is 0 Å². The Morgan fingerprint density at radius 3 is 2.27 bits per heavy atom. The Morgan fingerprint density at radius 2 is 1.65 bits per heavy atom. The molecule has 0 aliphatic rings. The summed E-state index contributed by atoms with van der Waals surface area (Å²) in [5.41, 5.74) is 3.29. The van der Waals surface area contributed by atoms with Crippen molar-refractivity contribution in [1.82, 2.24) is 10.2 Å². The summed E-state index contributed by atoms with van der Waals surface area (Å²) < 4.78 is 0. The van der Waals surface area contributed by atoms with Crippen molar-refractivity contribution in [3.63, 3.8) is 0 Å². The monoisotopic (exact) mass is 347 g/mol. The van der Waals surface area contributed by atoms with Crippen molar-refractivity contribution in [2.75, 3.05) is 29.6 Å². The fraction of sp³-hybridized carbons (Fsp3) is 0.150. The predicted molar refractivity (Wildman–Crippen MR) is 105 cm³/mol. The average molecular weight is 347 g/mol. The minimum Gasteiger partial charge on any atom is -0.378 e. The van der Waals surface area contributed by atoms with Gasteiger partial charge in [-0.2, -0.15) is 0 Å². The van der Waals surface area contributed by atoms with Gasteiger partial charge in [0, 0.05) is 32.0 Å². The van der Waals surface area contributed by atoms with Gasteiger partial charge in [0.05, 0.1) is 0 Å². The first-order valence-electron chi connectivity index (χ1n) is 8.32. The van der Waals surface area contributed by atoms with E-state index in [1.165, 1.54) is 0 Å². The summed E-state index contributed by atoms with van der Waals surface area (Å²) in [4.78, 5) is 14.2. The number of rotatable bonds is 6. The summed E-state index contributed by atoms with van der Waals surface area (Å²) in [5, 5.41) is 14.1. The molecule has 1 heterocycles. The van der Waals surface area contributed by atoms with E-state index in [1.54, 1.807) is 12.1 Å². The number of carbonyl (C=O) groups is 1. The van der Waals surface area contributed by atoms with Crippen molar-refractivity contribution in [1.29, 1.82) is 0 Å². The number of amides is 1. The van der Waals surface area contributed by atoms with E-state index in [-0.39, 0.29) is 11.6 Å². The van der Waals surface area contributed by atoms with Crippen molar-refractivity contribution in [3.8, 4) is 0 Å². The molecule has 0 aliphatic heterocycles. The molecule has 1 aromatic heterocycles. The Balaban J connectivity index is 1.56. The molecule has 1 amide bonds. The Hall–Kier alpha value is -3.41. The van der Waals surface area contributed by atoms with E-state index in [0.29, 0.717) is 12.4 Å². The van der Waals surface area contributed by atoms with Gasteiger partial charge in [0.2, 0.25) is 0 Å². The first kappa shape index (κ1) is 17.4. The van der Waals surface area contributed by atoms with Gasteiger partial charge in [-0.25, -0.2) is 0 Å². The second kappa shape index (κ2) is 8.11. The van der Waals surface area contributed by atoms with Crippen LogP contribution < -0.4 is 15.5 Å². The standard InChI is InChI=1S/C20H21N5O/c1-25(2)17-10-8-15(9-11-17)14-21-19-13-12-18(23-24-19)20(26)22-16-6-4-3-5-7-16/h3-13H,14H2,1-2H3,(H,21,24)(H,22,26). The maximum absolute atomic E-state index is 12.2. The highest BCUT2D eigenvalue weighted by Gasteiger charge is 2.08. The van der Waals surface area contributed by atoms with E-state index in [1.807, 2.05) is 44.4 Å². The smallest absolute Gasteiger partial charge is 0.276 e. The van der Waals surface area contributed by atoms with Crippen LogP contribution in [-0.4, -0.2) is 30.2 Å². The van der Waals surface area contributed by atoms with Crippen LogP contribution in [0.2, 0.25) is 0 Å². The number of nitrogens with one attached hydrogen (secondary N) is 2. The van der Waals surface area contributed by atoms with Gasteiger partial charge in [-0.05, 0) is 42.0 Å². The lowest BCUT2D eigenvalue weighted by Crippen LogP contribution is -2.14. The summed E-state index contributed by atoms with van der Waals surface area (Å²) >= 11 is 0. The summed E-state index contributed by atoms with van der Waals surface area (Å²) in [5.74, 6) is 0.340. The van der Waals surface area contributed by atoms with Crippen molar-refractivity contribution in [3.05, 3.63) is 78.0 Å². The number of hydrogen-bond acceptors (Lipinski definition) is 5. The molecule has 0 atom stereocenters. The van der Waals surface area contributed by atoms with Crippen molar-refractivity contribution < 1.29 is 4.79 Å². The van der Waals surface area contributed by atoms with Gasteiger partial charge >= 0.3 is 0 Å². The first-order valence-corrected chi connectivity index (χ1v) is 8.32. The normalized spacial score (nSPS) is 10.2. The van der Waals surface area contributed by atoms with Gasteiger partial charge < -0.3 is 15.5 Å². The van der Waals surface area contributed by atoms with E-state index >= 15 is 0 Å². The Kier molecular flexibility index (Phi) is 5.43. The molecular weight excluding hydrogens is 326 g/mol. The first-order chi connectivity index (χ1) is 12.6. The van der Waals surface area contributed by atoms with Crippen molar-refractivity contribution in [2.24, 2.45) is 0 Å². The molecule has 0 saturated heterocycles. The number of anilines is 3. The van der Waals surface area contributed by atoms with Crippen molar-refractivity contribution in [2.45, 2.75) is 6.54 Å². The van der Waals surface area contributed by atoms with Gasteiger partial charge in [-0.1, -0.05) is 30.3 Å². The molecule has 2 aromatic carbocycles. The van der Waals surface area contributed by atoms with Crippen LogP contribution >= 0.6 is 0 Å². The van der Waals surface area contributed by atoms with E-state index < -0.39 is 0 Å². The molecule has 0 spiro atoms. The van der Waals surface area contributed by atoms with Gasteiger partial charge in [0.15, 0.2) is 5.69 Å². The summed E-state index contributed by atoms with van der Waals surface area (Å²) in [6, 6.07) is 20.9. The maximum atomic E-state index is 12.2. The molecule has 0 radical (unpaired) electrons. The van der Waals surface area contributed by atoms with Crippen molar-refractivity contribution >= 4 is 23.1 Å². The Bertz CT molecular complexity index is 846. The molecular formula is C20H21N5O. The van der Waals surface area contributed by atoms with Crippen LogP contribution in [0, 0.1) is 0 Å². The average Bonchev–Trinajstić information content (AvgIpc) is 2.68. The number of benzene rings is 2. The van der Waals surface area contributed by atoms with Crippen LogP contribution in [0.25, 0.3) is 0 Å². The lowest BCUT2D eigenvalue weighted by atomic mass is 10.2. The van der Waals surface area contributed by atoms with E-state index in [2.05, 4.69) is 50.0 Å². The van der Waals surface area contributed by atoms with Gasteiger partial charge in [0.25, 0.3) is 5.91 Å². The second-order valence-corrected chi connectivity index (χ2v) is 6.04. The topological polar surface area (TPSA) is 70.2 Å². The minimum absolute atomic E-state index is 0.273. The van der Waals surface area contributed by atoms with E-state index in [0.717, 1.165) is 16.9 Å². The summed E-state index contributed by atoms with van der Waals surface area (Å²) in [6.45, 7) is 0.637. The van der Waals surface area contributed by atoms with Crippen LogP contribution in [0.4, 0.5) is 17.2 Å². The van der Waals surface area contributed by atoms with E-state index in [9.17, 15) is 4.79 Å². The SMILES string of the molecule is CN(C)c1ccc(CNc2ccc(C(=O)Nc3ccccc3)nn2)cc1. The lowest BCUT2D eigenvalue weighted by molar-refractivity contribution is 0.102. The zero-order valence-corrected chi connectivity index (χ0v) is 14.8. The third-order valence-electron chi connectivity index (χ3n) is 3.86. The minimum atomic E-state index is -0.283. The fourth-order valence-electron chi connectivity index (χ4n) is 2.37. The van der Waals surface area contributed by atoms with E-state index in [4.69, 9.17) is 0 Å². The van der Waals surface area contributed by atoms with Gasteiger partial charge in [-0.3, -0.25) is 4.79 Å². The number of aromatic nitrogens is 2. The van der Waals surface area contributed by atoms with Gasteiger partial charge in [-0.15, -0.1) is 10.2 Å². The highest BCUT2D eigenvalue weighted by molar-refractivity contribution is 6.02. The van der Waals surface area contributed by atoms with Crippen LogP contribution in [0.1, 0.15) is 16.1 Å². The lowest BCUT2D eigenvalue weighted by Gasteiger charge is -2.13. The van der Waals surface area contributed by atoms with Gasteiger partial charge in [0.1, 0.15) is 5.82 Å². The molecule has 0 bridgehead atoms. The Morgan fingerprint density at radius 1 is 0.923 bits per heavy atom. The fourth-order valence-corrected chi connectivity index (χ4v) is 2.37. The number of nitrogens with zero attached hydrogens (tertiary/aromatic N) is 3. The maximum Gasteiger partial charge on any atom is 0.276 e. The summed E-state index contributed by atoms with van der Waals surface area (Å²) in [7, 11) is 4.02. The zero-order valence-electron chi connectivity index (χ0n) is 14.8. The van der Waals surface area contributed by atoms with Crippen LogP contribution in [0.15, 0.2) is 66.7 Å². The number of para-hydroxylation sites is 1. The molecule has 2 N–H and O–H groups in total. The molecule has 6 nitrogen and oxygen atoms in total. The quantitative estimate of drug-likeness (QED) is 0.715. The summed E-state index contributed by atoms with van der Waals surface area (Å²) in [6.07, 6.45) is 0. The Labute approximate surface area is 152 Å². The molecule has 3 rings (SSSR count). The highest BCUT2D eigenvalue weighted by atomic mass is 16.1. The molecule has 0 aliphatic carbocycles. The second-order valence-electron chi connectivity index (χ2n) is 6.04. The van der Waals surface area contributed by atoms with Crippen LogP contribution in [-0.2, 0) is 6.54 Å². The van der Waals surface area contributed by atoms with Crippen LogP contribution in [0.3, 0.4) is 0 Å². The predicted octanol–water partition coefficient (Wildman–Crippen LogP) is 3.41. The molecule has 132 valence electrons.